The molecular weight excluding hydrogens is 316 g/mol. The number of urea groups is 1. The van der Waals surface area contributed by atoms with Gasteiger partial charge in [0.15, 0.2) is 0 Å². The third-order valence-electron chi connectivity index (χ3n) is 4.17. The van der Waals surface area contributed by atoms with Crippen LogP contribution in [-0.2, 0) is 15.5 Å². The zero-order valence-corrected chi connectivity index (χ0v) is 14.6. The van der Waals surface area contributed by atoms with Crippen molar-refractivity contribution in [1.82, 2.24) is 10.6 Å². The molecule has 0 unspecified atom stereocenters. The van der Waals surface area contributed by atoms with Crippen molar-refractivity contribution >= 4 is 16.8 Å². The number of nitrogens with one attached hydrogen (secondary N) is 2. The fourth-order valence-corrected chi connectivity index (χ4v) is 4.44. The number of rotatable bonds is 7. The van der Waals surface area contributed by atoms with Crippen molar-refractivity contribution in [2.45, 2.75) is 49.9 Å². The summed E-state index contributed by atoms with van der Waals surface area (Å²) in [5, 5.41) is 5.92. The molecule has 23 heavy (non-hydrogen) atoms. The highest BCUT2D eigenvalue weighted by molar-refractivity contribution is 7.85. The molecule has 2 amide bonds. The lowest BCUT2D eigenvalue weighted by Crippen LogP contribution is -2.51. The normalized spacial score (nSPS) is 23.9. The molecular formula is C16H26N2O4S. The second-order valence-corrected chi connectivity index (χ2v) is 7.68. The lowest BCUT2D eigenvalue weighted by molar-refractivity contribution is 0.156. The largest absolute Gasteiger partial charge is 0.467 e. The third-order valence-corrected chi connectivity index (χ3v) is 5.98. The van der Waals surface area contributed by atoms with Gasteiger partial charge in [-0.15, -0.1) is 0 Å². The van der Waals surface area contributed by atoms with E-state index in [1.807, 2.05) is 6.92 Å². The minimum atomic E-state index is -0.891. The van der Waals surface area contributed by atoms with Gasteiger partial charge >= 0.3 is 6.03 Å². The zero-order chi connectivity index (χ0) is 16.7. The highest BCUT2D eigenvalue weighted by Gasteiger charge is 2.30. The second kappa shape index (κ2) is 9.08. The zero-order valence-electron chi connectivity index (χ0n) is 13.7. The Hall–Kier alpha value is -1.34. The Morgan fingerprint density at radius 1 is 1.48 bits per heavy atom. The Morgan fingerprint density at radius 3 is 2.91 bits per heavy atom. The van der Waals surface area contributed by atoms with Crippen LogP contribution in [-0.4, -0.2) is 41.0 Å². The standard InChI is InChI=1S/C16H26N2O4S/c1-3-23(20)15-9-5-4-7-12(15)17-16(19)18-13(11-21-2)14-8-6-10-22-14/h6,8,10,12-13,15H,3-5,7,9,11H2,1-2H3,(H2,17,18,19)/t12-,13-,15-,23+/m1/s1. The van der Waals surface area contributed by atoms with Crippen molar-refractivity contribution in [3.05, 3.63) is 24.2 Å². The first-order valence-corrected chi connectivity index (χ1v) is 9.50. The Kier molecular flexibility index (Phi) is 7.11. The van der Waals surface area contributed by atoms with E-state index in [2.05, 4.69) is 10.6 Å². The maximum absolute atomic E-state index is 12.3. The molecule has 1 aliphatic rings. The highest BCUT2D eigenvalue weighted by Crippen LogP contribution is 2.23. The number of methoxy groups -OCH3 is 1. The molecule has 7 heteroatoms. The molecule has 0 radical (unpaired) electrons. The molecule has 0 aromatic carbocycles. The topological polar surface area (TPSA) is 80.6 Å². The van der Waals surface area contributed by atoms with Gasteiger partial charge in [0.05, 0.1) is 18.1 Å². The fraction of sp³-hybridized carbons (Fsp3) is 0.688. The van der Waals surface area contributed by atoms with Crippen LogP contribution in [0.5, 0.6) is 0 Å². The lowest BCUT2D eigenvalue weighted by Gasteiger charge is -2.31. The molecule has 1 aromatic rings. The van der Waals surface area contributed by atoms with Crippen LogP contribution < -0.4 is 10.6 Å². The fourth-order valence-electron chi connectivity index (χ4n) is 3.01. The Labute approximate surface area is 139 Å². The van der Waals surface area contributed by atoms with E-state index >= 15 is 0 Å². The molecule has 1 saturated carbocycles. The van der Waals surface area contributed by atoms with E-state index in [-0.39, 0.29) is 23.4 Å². The van der Waals surface area contributed by atoms with Crippen LogP contribution in [0.15, 0.2) is 22.8 Å². The summed E-state index contributed by atoms with van der Waals surface area (Å²) in [4.78, 5) is 12.3. The van der Waals surface area contributed by atoms with Crippen LogP contribution in [0.4, 0.5) is 4.79 Å². The third kappa shape index (κ3) is 5.07. The molecule has 130 valence electrons. The van der Waals surface area contributed by atoms with Crippen LogP contribution in [0.1, 0.15) is 44.4 Å². The number of carbonyl (C=O) groups excluding carboxylic acids is 1. The summed E-state index contributed by atoms with van der Waals surface area (Å²) in [7, 11) is 0.689. The maximum atomic E-state index is 12.3. The monoisotopic (exact) mass is 342 g/mol. The summed E-state index contributed by atoms with van der Waals surface area (Å²) in [5.41, 5.74) is 0. The van der Waals surface area contributed by atoms with Gasteiger partial charge in [0, 0.05) is 29.7 Å². The summed E-state index contributed by atoms with van der Waals surface area (Å²) >= 11 is 0. The van der Waals surface area contributed by atoms with Gasteiger partial charge in [0.2, 0.25) is 0 Å². The SMILES string of the molecule is CC[S@](=O)[C@@H]1CCCC[C@H]1NC(=O)N[C@H](COC)c1ccco1. The van der Waals surface area contributed by atoms with Crippen LogP contribution in [0.2, 0.25) is 0 Å². The molecule has 2 rings (SSSR count). The van der Waals surface area contributed by atoms with Crippen LogP contribution in [0.25, 0.3) is 0 Å². The van der Waals surface area contributed by atoms with Gasteiger partial charge in [-0.3, -0.25) is 4.21 Å². The average Bonchev–Trinajstić information content (AvgIpc) is 3.08. The van der Waals surface area contributed by atoms with Crippen molar-refractivity contribution in [3.8, 4) is 0 Å². The van der Waals surface area contributed by atoms with E-state index in [9.17, 15) is 9.00 Å². The molecule has 0 aliphatic heterocycles. The molecule has 1 aromatic heterocycles. The molecule has 2 N–H and O–H groups in total. The molecule has 0 saturated heterocycles. The number of ether oxygens (including phenoxy) is 1. The number of furan rings is 1. The second-order valence-electron chi connectivity index (χ2n) is 5.74. The average molecular weight is 342 g/mol. The van der Waals surface area contributed by atoms with Gasteiger partial charge in [-0.05, 0) is 25.0 Å². The van der Waals surface area contributed by atoms with Gasteiger partial charge in [-0.25, -0.2) is 4.79 Å². The van der Waals surface area contributed by atoms with E-state index in [4.69, 9.17) is 9.15 Å². The Bertz CT molecular complexity index is 506. The van der Waals surface area contributed by atoms with Crippen molar-refractivity contribution in [1.29, 1.82) is 0 Å². The molecule has 1 heterocycles. The molecule has 1 aliphatic carbocycles. The predicted octanol–water partition coefficient (Wildman–Crippen LogP) is 2.35. The smallest absolute Gasteiger partial charge is 0.315 e. The first-order valence-electron chi connectivity index (χ1n) is 8.12. The lowest BCUT2D eigenvalue weighted by atomic mass is 9.95. The van der Waals surface area contributed by atoms with Gasteiger partial charge in [0.1, 0.15) is 11.8 Å². The molecule has 1 fully saturated rings. The first-order chi connectivity index (χ1) is 11.2. The van der Waals surface area contributed by atoms with Crippen molar-refractivity contribution in [3.63, 3.8) is 0 Å². The van der Waals surface area contributed by atoms with Gasteiger partial charge in [0.25, 0.3) is 0 Å². The molecule has 0 bridgehead atoms. The summed E-state index contributed by atoms with van der Waals surface area (Å²) in [6.07, 6.45) is 5.49. The van der Waals surface area contributed by atoms with Crippen molar-refractivity contribution in [2.24, 2.45) is 0 Å². The van der Waals surface area contributed by atoms with Crippen molar-refractivity contribution < 1.29 is 18.2 Å². The van der Waals surface area contributed by atoms with E-state index in [0.29, 0.717) is 18.1 Å². The van der Waals surface area contributed by atoms with E-state index in [1.165, 1.54) is 0 Å². The van der Waals surface area contributed by atoms with E-state index in [0.717, 1.165) is 25.7 Å². The summed E-state index contributed by atoms with van der Waals surface area (Å²) in [6.45, 7) is 2.25. The van der Waals surface area contributed by atoms with Crippen LogP contribution in [0, 0.1) is 0 Å². The first kappa shape index (κ1) is 18.0. The molecule has 6 nitrogen and oxygen atoms in total. The predicted molar refractivity (Wildman–Crippen MR) is 89.7 cm³/mol. The Balaban J connectivity index is 1.95. The van der Waals surface area contributed by atoms with Gasteiger partial charge < -0.3 is 19.8 Å². The summed E-state index contributed by atoms with van der Waals surface area (Å²) < 4.78 is 22.7. The van der Waals surface area contributed by atoms with Gasteiger partial charge in [-0.2, -0.15) is 0 Å². The number of hydrogen-bond donors (Lipinski definition) is 2. The molecule has 0 spiro atoms. The van der Waals surface area contributed by atoms with Crippen molar-refractivity contribution in [2.75, 3.05) is 19.5 Å². The number of carbonyl (C=O) groups is 1. The minimum absolute atomic E-state index is 0.0377. The maximum Gasteiger partial charge on any atom is 0.315 e. The summed E-state index contributed by atoms with van der Waals surface area (Å²) in [6, 6.07) is 2.94. The highest BCUT2D eigenvalue weighted by atomic mass is 32.2. The van der Waals surface area contributed by atoms with E-state index < -0.39 is 10.8 Å². The van der Waals surface area contributed by atoms with Crippen LogP contribution in [0.3, 0.4) is 0 Å². The van der Waals surface area contributed by atoms with Crippen LogP contribution >= 0.6 is 0 Å². The minimum Gasteiger partial charge on any atom is -0.467 e. The van der Waals surface area contributed by atoms with E-state index in [1.54, 1.807) is 25.5 Å². The quantitative estimate of drug-likeness (QED) is 0.797. The Morgan fingerprint density at radius 2 is 2.26 bits per heavy atom. The molecule has 4 atom stereocenters. The summed E-state index contributed by atoms with van der Waals surface area (Å²) in [5.74, 6) is 1.28. The number of hydrogen-bond acceptors (Lipinski definition) is 4. The number of amides is 2. The van der Waals surface area contributed by atoms with Gasteiger partial charge in [-0.1, -0.05) is 19.8 Å².